The second-order valence-electron chi connectivity index (χ2n) is 6.51. The van der Waals surface area contributed by atoms with Crippen LogP contribution in [0.3, 0.4) is 0 Å². The van der Waals surface area contributed by atoms with Gasteiger partial charge in [0.25, 0.3) is 5.91 Å². The molecule has 0 fully saturated rings. The Morgan fingerprint density at radius 1 is 0.935 bits per heavy atom. The number of nitrogens with one attached hydrogen (secondary N) is 1. The minimum absolute atomic E-state index is 0.331. The van der Waals surface area contributed by atoms with Gasteiger partial charge in [0.1, 0.15) is 17.2 Å². The highest BCUT2D eigenvalue weighted by atomic mass is 35.5. The molecule has 3 rings (SSSR count). The van der Waals surface area contributed by atoms with Crippen molar-refractivity contribution in [2.24, 2.45) is 5.10 Å². The van der Waals surface area contributed by atoms with Crippen molar-refractivity contribution in [1.82, 2.24) is 5.43 Å². The zero-order chi connectivity index (χ0) is 21.9. The van der Waals surface area contributed by atoms with E-state index in [1.807, 2.05) is 48.5 Å². The van der Waals surface area contributed by atoms with Crippen molar-refractivity contribution in [1.29, 1.82) is 0 Å². The number of hydrazone groups is 1. The molecule has 3 aromatic rings. The fraction of sp³-hybridized carbons (Fsp3) is 0.167. The van der Waals surface area contributed by atoms with Crippen LogP contribution in [0.2, 0.25) is 5.02 Å². The van der Waals surface area contributed by atoms with Gasteiger partial charge in [0.15, 0.2) is 0 Å². The number of hydrogen-bond donors (Lipinski definition) is 1. The Morgan fingerprint density at radius 3 is 2.39 bits per heavy atom. The standard InChI is InChI=1S/C24H23ClN2O4/c1-29-21-9-11-22(12-10-21)30-13-4-14-31-23-8-2-5-18(15-23)17-26-27-24(28)19-6-3-7-20(25)16-19/h2-3,5-12,15-17H,4,13-14H2,1H3,(H,27,28). The van der Waals surface area contributed by atoms with Crippen LogP contribution in [0.5, 0.6) is 17.2 Å². The zero-order valence-corrected chi connectivity index (χ0v) is 17.8. The predicted octanol–water partition coefficient (Wildman–Crippen LogP) is 4.96. The normalized spacial score (nSPS) is 10.6. The van der Waals surface area contributed by atoms with E-state index in [-0.39, 0.29) is 5.91 Å². The van der Waals surface area contributed by atoms with E-state index in [4.69, 9.17) is 25.8 Å². The molecule has 0 aliphatic carbocycles. The monoisotopic (exact) mass is 438 g/mol. The van der Waals surface area contributed by atoms with Crippen LogP contribution >= 0.6 is 11.6 Å². The third-order valence-corrected chi connectivity index (χ3v) is 4.45. The molecule has 0 radical (unpaired) electrons. The first kappa shape index (κ1) is 22.2. The Bertz CT molecular complexity index is 1020. The lowest BCUT2D eigenvalue weighted by Gasteiger charge is -2.09. The van der Waals surface area contributed by atoms with Gasteiger partial charge in [0.2, 0.25) is 0 Å². The molecular formula is C24H23ClN2O4. The lowest BCUT2D eigenvalue weighted by atomic mass is 10.2. The van der Waals surface area contributed by atoms with Crippen molar-refractivity contribution in [3.63, 3.8) is 0 Å². The summed E-state index contributed by atoms with van der Waals surface area (Å²) in [6, 6.07) is 21.6. The fourth-order valence-electron chi connectivity index (χ4n) is 2.66. The quantitative estimate of drug-likeness (QED) is 0.276. The first-order chi connectivity index (χ1) is 15.1. The summed E-state index contributed by atoms with van der Waals surface area (Å²) in [5.74, 6) is 1.97. The third-order valence-electron chi connectivity index (χ3n) is 4.21. The first-order valence-corrected chi connectivity index (χ1v) is 10.1. The van der Waals surface area contributed by atoms with Gasteiger partial charge in [-0.05, 0) is 60.2 Å². The summed E-state index contributed by atoms with van der Waals surface area (Å²) in [6.45, 7) is 1.06. The van der Waals surface area contributed by atoms with Gasteiger partial charge in [-0.2, -0.15) is 5.10 Å². The number of amides is 1. The average molecular weight is 439 g/mol. The van der Waals surface area contributed by atoms with Gasteiger partial charge in [-0.15, -0.1) is 0 Å². The SMILES string of the molecule is COc1ccc(OCCCOc2cccc(C=NNC(=O)c3cccc(Cl)c3)c2)cc1. The molecule has 31 heavy (non-hydrogen) atoms. The van der Waals surface area contributed by atoms with E-state index in [2.05, 4.69) is 10.5 Å². The number of methoxy groups -OCH3 is 1. The number of benzene rings is 3. The Hall–Kier alpha value is -3.51. The maximum atomic E-state index is 12.1. The lowest BCUT2D eigenvalue weighted by Crippen LogP contribution is -2.17. The van der Waals surface area contributed by atoms with E-state index in [1.165, 1.54) is 0 Å². The number of rotatable bonds is 10. The van der Waals surface area contributed by atoms with E-state index in [0.717, 1.165) is 29.2 Å². The average Bonchev–Trinajstić information content (AvgIpc) is 2.79. The maximum absolute atomic E-state index is 12.1. The van der Waals surface area contributed by atoms with Crippen molar-refractivity contribution in [2.45, 2.75) is 6.42 Å². The van der Waals surface area contributed by atoms with Crippen molar-refractivity contribution in [3.05, 3.63) is 88.9 Å². The van der Waals surface area contributed by atoms with E-state index in [1.54, 1.807) is 37.6 Å². The van der Waals surface area contributed by atoms with Gasteiger partial charge in [-0.25, -0.2) is 5.43 Å². The highest BCUT2D eigenvalue weighted by Gasteiger charge is 2.04. The molecule has 0 unspecified atom stereocenters. The molecule has 1 amide bonds. The van der Waals surface area contributed by atoms with Gasteiger partial charge in [0, 0.05) is 17.0 Å². The number of carbonyl (C=O) groups excluding carboxylic acids is 1. The zero-order valence-electron chi connectivity index (χ0n) is 17.1. The number of ether oxygens (including phenoxy) is 3. The third kappa shape index (κ3) is 7.35. The number of halogens is 1. The first-order valence-electron chi connectivity index (χ1n) is 9.73. The number of carbonyl (C=O) groups is 1. The van der Waals surface area contributed by atoms with Crippen molar-refractivity contribution in [2.75, 3.05) is 20.3 Å². The molecule has 0 heterocycles. The molecule has 3 aromatic carbocycles. The summed E-state index contributed by atoms with van der Waals surface area (Å²) in [7, 11) is 1.63. The Balaban J connectivity index is 1.41. The summed E-state index contributed by atoms with van der Waals surface area (Å²) in [6.07, 6.45) is 2.29. The van der Waals surface area contributed by atoms with Crippen LogP contribution in [0.4, 0.5) is 0 Å². The van der Waals surface area contributed by atoms with Gasteiger partial charge in [0.05, 0.1) is 26.5 Å². The molecule has 0 aliphatic heterocycles. The van der Waals surface area contributed by atoms with Crippen LogP contribution in [-0.4, -0.2) is 32.4 Å². The Kier molecular flexibility index (Phi) is 8.31. The van der Waals surface area contributed by atoms with Gasteiger partial charge in [-0.3, -0.25) is 4.79 Å². The van der Waals surface area contributed by atoms with Gasteiger partial charge in [-0.1, -0.05) is 29.8 Å². The van der Waals surface area contributed by atoms with Crippen molar-refractivity contribution < 1.29 is 19.0 Å². The van der Waals surface area contributed by atoms with Crippen LogP contribution in [-0.2, 0) is 0 Å². The summed E-state index contributed by atoms with van der Waals surface area (Å²) in [5.41, 5.74) is 3.73. The highest BCUT2D eigenvalue weighted by molar-refractivity contribution is 6.30. The summed E-state index contributed by atoms with van der Waals surface area (Å²) in [5, 5.41) is 4.49. The highest BCUT2D eigenvalue weighted by Crippen LogP contribution is 2.17. The molecular weight excluding hydrogens is 416 g/mol. The molecule has 7 heteroatoms. The molecule has 0 spiro atoms. The van der Waals surface area contributed by atoms with Crippen LogP contribution in [0.25, 0.3) is 0 Å². The molecule has 160 valence electrons. The van der Waals surface area contributed by atoms with Crippen molar-refractivity contribution in [3.8, 4) is 17.2 Å². The predicted molar refractivity (Wildman–Crippen MR) is 122 cm³/mol. The van der Waals surface area contributed by atoms with Crippen LogP contribution in [0, 0.1) is 0 Å². The Morgan fingerprint density at radius 2 is 1.65 bits per heavy atom. The second kappa shape index (κ2) is 11.6. The molecule has 0 atom stereocenters. The summed E-state index contributed by atoms with van der Waals surface area (Å²) < 4.78 is 16.6. The minimum Gasteiger partial charge on any atom is -0.497 e. The number of nitrogens with zero attached hydrogens (tertiary/aromatic N) is 1. The van der Waals surface area contributed by atoms with Gasteiger partial charge >= 0.3 is 0 Å². The van der Waals surface area contributed by atoms with E-state index in [0.29, 0.717) is 23.8 Å². The summed E-state index contributed by atoms with van der Waals surface area (Å²) in [4.78, 5) is 12.1. The van der Waals surface area contributed by atoms with E-state index < -0.39 is 0 Å². The van der Waals surface area contributed by atoms with E-state index in [9.17, 15) is 4.79 Å². The fourth-order valence-corrected chi connectivity index (χ4v) is 2.85. The lowest BCUT2D eigenvalue weighted by molar-refractivity contribution is 0.0955. The molecule has 0 aromatic heterocycles. The minimum atomic E-state index is -0.331. The van der Waals surface area contributed by atoms with Crippen LogP contribution in [0.1, 0.15) is 22.3 Å². The maximum Gasteiger partial charge on any atom is 0.271 e. The van der Waals surface area contributed by atoms with E-state index >= 15 is 0 Å². The smallest absolute Gasteiger partial charge is 0.271 e. The molecule has 6 nitrogen and oxygen atoms in total. The molecule has 0 saturated heterocycles. The molecule has 0 aliphatic rings. The largest absolute Gasteiger partial charge is 0.497 e. The Labute approximate surface area is 186 Å². The molecule has 1 N–H and O–H groups in total. The number of hydrogen-bond acceptors (Lipinski definition) is 5. The molecule has 0 saturated carbocycles. The molecule has 0 bridgehead atoms. The van der Waals surface area contributed by atoms with Crippen LogP contribution < -0.4 is 19.6 Å². The van der Waals surface area contributed by atoms with Crippen molar-refractivity contribution >= 4 is 23.7 Å². The van der Waals surface area contributed by atoms with Gasteiger partial charge < -0.3 is 14.2 Å². The topological polar surface area (TPSA) is 69.2 Å². The summed E-state index contributed by atoms with van der Waals surface area (Å²) >= 11 is 5.90. The van der Waals surface area contributed by atoms with Crippen LogP contribution in [0.15, 0.2) is 77.9 Å². The second-order valence-corrected chi connectivity index (χ2v) is 6.94.